The van der Waals surface area contributed by atoms with Crippen LogP contribution in [0, 0.1) is 5.92 Å². The van der Waals surface area contributed by atoms with Crippen molar-refractivity contribution in [2.24, 2.45) is 5.92 Å². The van der Waals surface area contributed by atoms with Crippen molar-refractivity contribution in [2.45, 2.75) is 18.9 Å². The molecular formula is C17H24N6O. The van der Waals surface area contributed by atoms with Crippen LogP contribution in [0.1, 0.15) is 18.9 Å². The first-order valence-corrected chi connectivity index (χ1v) is 8.65. The maximum atomic E-state index is 9.15. The van der Waals surface area contributed by atoms with Crippen LogP contribution >= 0.6 is 0 Å². The van der Waals surface area contributed by atoms with Gasteiger partial charge < -0.3 is 14.9 Å². The van der Waals surface area contributed by atoms with Crippen molar-refractivity contribution in [3.8, 4) is 11.3 Å². The first-order valence-electron chi connectivity index (χ1n) is 8.65. The van der Waals surface area contributed by atoms with Crippen LogP contribution < -0.4 is 4.90 Å². The van der Waals surface area contributed by atoms with E-state index in [1.165, 1.54) is 0 Å². The lowest BCUT2D eigenvalue weighted by Crippen LogP contribution is -2.45. The van der Waals surface area contributed by atoms with Gasteiger partial charge in [-0.3, -0.25) is 4.68 Å². The fourth-order valence-electron chi connectivity index (χ4n) is 3.40. The number of hydrogen-bond acceptors (Lipinski definition) is 6. The lowest BCUT2D eigenvalue weighted by molar-refractivity contribution is 0.105. The molecule has 0 atom stereocenters. The van der Waals surface area contributed by atoms with E-state index in [0.29, 0.717) is 12.0 Å². The van der Waals surface area contributed by atoms with E-state index in [1.807, 2.05) is 23.1 Å². The number of likely N-dealkylation sites (N-methyl/N-ethyl adjacent to an activating group) is 1. The molecule has 128 valence electrons. The topological polar surface area (TPSA) is 70.3 Å². The van der Waals surface area contributed by atoms with Gasteiger partial charge in [-0.15, -0.1) is 0 Å². The van der Waals surface area contributed by atoms with Gasteiger partial charge in [0, 0.05) is 50.7 Å². The lowest BCUT2D eigenvalue weighted by Gasteiger charge is -2.34. The zero-order chi connectivity index (χ0) is 16.5. The van der Waals surface area contributed by atoms with Crippen LogP contribution in [0.15, 0.2) is 24.7 Å². The van der Waals surface area contributed by atoms with E-state index in [9.17, 15) is 0 Å². The second kappa shape index (κ2) is 6.49. The monoisotopic (exact) mass is 328 g/mol. The summed E-state index contributed by atoms with van der Waals surface area (Å²) in [5, 5.41) is 13.6. The van der Waals surface area contributed by atoms with E-state index < -0.39 is 0 Å². The van der Waals surface area contributed by atoms with Gasteiger partial charge >= 0.3 is 0 Å². The first kappa shape index (κ1) is 15.5. The maximum Gasteiger partial charge on any atom is 0.225 e. The van der Waals surface area contributed by atoms with E-state index in [0.717, 1.165) is 56.2 Å². The fourth-order valence-corrected chi connectivity index (χ4v) is 3.40. The summed E-state index contributed by atoms with van der Waals surface area (Å²) in [6, 6.07) is 2.35. The number of nitrogens with zero attached hydrogens (tertiary/aromatic N) is 6. The molecule has 4 rings (SSSR count). The molecule has 1 saturated carbocycles. The highest BCUT2D eigenvalue weighted by Crippen LogP contribution is 2.37. The van der Waals surface area contributed by atoms with Gasteiger partial charge in [0.25, 0.3) is 0 Å². The third-order valence-corrected chi connectivity index (χ3v) is 5.17. The summed E-state index contributed by atoms with van der Waals surface area (Å²) < 4.78 is 2.01. The molecule has 0 unspecified atom stereocenters. The molecular weight excluding hydrogens is 304 g/mol. The molecule has 0 spiro atoms. The summed E-state index contributed by atoms with van der Waals surface area (Å²) in [6.45, 7) is 4.29. The molecule has 1 aliphatic heterocycles. The van der Waals surface area contributed by atoms with Crippen molar-refractivity contribution < 1.29 is 5.11 Å². The average Bonchev–Trinajstić information content (AvgIpc) is 3.04. The Morgan fingerprint density at radius 1 is 1.21 bits per heavy atom. The minimum absolute atomic E-state index is 0.283. The van der Waals surface area contributed by atoms with Crippen LogP contribution in [-0.4, -0.2) is 69.6 Å². The van der Waals surface area contributed by atoms with E-state index in [-0.39, 0.29) is 6.61 Å². The summed E-state index contributed by atoms with van der Waals surface area (Å²) >= 11 is 0. The molecule has 0 bridgehead atoms. The highest BCUT2D eigenvalue weighted by Gasteiger charge is 2.30. The van der Waals surface area contributed by atoms with Crippen molar-refractivity contribution in [1.82, 2.24) is 24.6 Å². The van der Waals surface area contributed by atoms with Gasteiger partial charge in [-0.25, -0.2) is 9.97 Å². The third kappa shape index (κ3) is 3.01. The molecule has 3 heterocycles. The quantitative estimate of drug-likeness (QED) is 0.904. The van der Waals surface area contributed by atoms with Crippen molar-refractivity contribution in [3.05, 3.63) is 24.7 Å². The van der Waals surface area contributed by atoms with Crippen molar-refractivity contribution in [3.63, 3.8) is 0 Å². The highest BCUT2D eigenvalue weighted by atomic mass is 16.3. The zero-order valence-corrected chi connectivity index (χ0v) is 14.0. The second-order valence-electron chi connectivity index (χ2n) is 6.92. The Balaban J connectivity index is 1.48. The van der Waals surface area contributed by atoms with Gasteiger partial charge in [0.2, 0.25) is 5.95 Å². The molecule has 2 aromatic heterocycles. The predicted molar refractivity (Wildman–Crippen MR) is 91.8 cm³/mol. The van der Waals surface area contributed by atoms with Crippen molar-refractivity contribution >= 4 is 5.95 Å². The van der Waals surface area contributed by atoms with E-state index in [1.54, 1.807) is 0 Å². The van der Waals surface area contributed by atoms with Gasteiger partial charge in [0.15, 0.2) is 0 Å². The SMILES string of the molecule is CN1CCN(c2nccc(-c3cnn(C4CC(CO)C4)c3)n2)CC1. The van der Waals surface area contributed by atoms with Gasteiger partial charge in [-0.2, -0.15) is 5.10 Å². The first-order chi connectivity index (χ1) is 11.7. The third-order valence-electron chi connectivity index (χ3n) is 5.17. The van der Waals surface area contributed by atoms with Crippen LogP contribution in [0.4, 0.5) is 5.95 Å². The Labute approximate surface area is 141 Å². The summed E-state index contributed by atoms with van der Waals surface area (Å²) in [5.41, 5.74) is 1.95. The maximum absolute atomic E-state index is 9.15. The molecule has 0 aromatic carbocycles. The number of rotatable bonds is 4. The molecule has 1 aliphatic carbocycles. The Kier molecular flexibility index (Phi) is 4.20. The minimum Gasteiger partial charge on any atom is -0.396 e. The Morgan fingerprint density at radius 3 is 2.75 bits per heavy atom. The largest absolute Gasteiger partial charge is 0.396 e. The molecule has 2 aliphatic rings. The van der Waals surface area contributed by atoms with E-state index >= 15 is 0 Å². The van der Waals surface area contributed by atoms with E-state index in [4.69, 9.17) is 10.1 Å². The fraction of sp³-hybridized carbons (Fsp3) is 0.588. The van der Waals surface area contributed by atoms with Crippen LogP contribution in [0.5, 0.6) is 0 Å². The molecule has 0 amide bonds. The lowest BCUT2D eigenvalue weighted by atomic mass is 9.81. The van der Waals surface area contributed by atoms with Crippen LogP contribution in [-0.2, 0) is 0 Å². The number of hydrogen-bond donors (Lipinski definition) is 1. The molecule has 1 N–H and O–H groups in total. The molecule has 24 heavy (non-hydrogen) atoms. The number of aromatic nitrogens is 4. The molecule has 0 radical (unpaired) electrons. The van der Waals surface area contributed by atoms with Gasteiger partial charge in [0.05, 0.1) is 17.9 Å². The normalized spacial score (nSPS) is 24.8. The highest BCUT2D eigenvalue weighted by molar-refractivity contribution is 5.58. The Morgan fingerprint density at radius 2 is 2.00 bits per heavy atom. The van der Waals surface area contributed by atoms with Gasteiger partial charge in [-0.1, -0.05) is 0 Å². The Bertz CT molecular complexity index is 688. The number of piperazine rings is 1. The molecule has 7 heteroatoms. The molecule has 2 fully saturated rings. The summed E-state index contributed by atoms with van der Waals surface area (Å²) in [6.07, 6.45) is 7.79. The standard InChI is InChI=1S/C17H24N6O/c1-21-4-6-22(7-5-21)17-18-3-2-16(20-17)14-10-19-23(11-14)15-8-13(9-15)12-24/h2-3,10-11,13,15,24H,4-9,12H2,1H3. The van der Waals surface area contributed by atoms with Gasteiger partial charge in [0.1, 0.15) is 0 Å². The van der Waals surface area contributed by atoms with Crippen LogP contribution in [0.2, 0.25) is 0 Å². The number of aliphatic hydroxyl groups excluding tert-OH is 1. The molecule has 1 saturated heterocycles. The Hall–Kier alpha value is -1.99. The smallest absolute Gasteiger partial charge is 0.225 e. The van der Waals surface area contributed by atoms with Crippen LogP contribution in [0.25, 0.3) is 11.3 Å². The van der Waals surface area contributed by atoms with Gasteiger partial charge in [-0.05, 0) is 31.9 Å². The van der Waals surface area contributed by atoms with Crippen molar-refractivity contribution in [1.29, 1.82) is 0 Å². The summed E-state index contributed by atoms with van der Waals surface area (Å²) in [5.74, 6) is 1.24. The summed E-state index contributed by atoms with van der Waals surface area (Å²) in [7, 11) is 2.14. The minimum atomic E-state index is 0.283. The zero-order valence-electron chi connectivity index (χ0n) is 14.0. The second-order valence-corrected chi connectivity index (χ2v) is 6.92. The van der Waals surface area contributed by atoms with Crippen LogP contribution in [0.3, 0.4) is 0 Å². The molecule has 2 aromatic rings. The summed E-state index contributed by atoms with van der Waals surface area (Å²) in [4.78, 5) is 13.8. The number of aliphatic hydroxyl groups is 1. The number of anilines is 1. The molecule has 7 nitrogen and oxygen atoms in total. The van der Waals surface area contributed by atoms with E-state index in [2.05, 4.69) is 33.1 Å². The van der Waals surface area contributed by atoms with Crippen molar-refractivity contribution in [2.75, 3.05) is 44.7 Å². The predicted octanol–water partition coefficient (Wildman–Crippen LogP) is 1.04. The average molecular weight is 328 g/mol.